The van der Waals surface area contributed by atoms with Crippen LogP contribution in [-0.2, 0) is 26.1 Å². The second-order valence-corrected chi connectivity index (χ2v) is 8.58. The van der Waals surface area contributed by atoms with Gasteiger partial charge in [-0.25, -0.2) is 13.2 Å². The van der Waals surface area contributed by atoms with Gasteiger partial charge in [0, 0.05) is 12.1 Å². The van der Waals surface area contributed by atoms with E-state index in [0.717, 1.165) is 11.1 Å². The maximum atomic E-state index is 12.9. The van der Waals surface area contributed by atoms with Gasteiger partial charge >= 0.3 is 5.97 Å². The third kappa shape index (κ3) is 2.85. The van der Waals surface area contributed by atoms with E-state index >= 15 is 0 Å². The summed E-state index contributed by atoms with van der Waals surface area (Å²) in [5, 5.41) is 0. The van der Waals surface area contributed by atoms with Gasteiger partial charge in [0.25, 0.3) is 0 Å². The Morgan fingerprint density at radius 3 is 2.56 bits per heavy atom. The average Bonchev–Trinajstić information content (AvgIpc) is 2.88. The monoisotopic (exact) mass is 357 g/mol. The van der Waals surface area contributed by atoms with Crippen molar-refractivity contribution in [2.75, 3.05) is 13.1 Å². The molecule has 0 amide bonds. The summed E-state index contributed by atoms with van der Waals surface area (Å²) >= 11 is 0. The molecule has 2 aromatic carbocycles. The average molecular weight is 357 g/mol. The summed E-state index contributed by atoms with van der Waals surface area (Å²) in [6.45, 7) is 0.640. The number of nitrogens with zero attached hydrogens (tertiary/aromatic N) is 1. The van der Waals surface area contributed by atoms with Crippen LogP contribution in [0.5, 0.6) is 0 Å². The fraction of sp³-hybridized carbons (Fsp3) is 0.316. The fourth-order valence-corrected chi connectivity index (χ4v) is 5.36. The highest BCUT2D eigenvalue weighted by atomic mass is 32.2. The molecule has 1 spiro atoms. The first-order valence-corrected chi connectivity index (χ1v) is 9.96. The van der Waals surface area contributed by atoms with Crippen molar-refractivity contribution in [1.29, 1.82) is 0 Å². The van der Waals surface area contributed by atoms with Gasteiger partial charge in [0.1, 0.15) is 0 Å². The molecule has 2 heterocycles. The van der Waals surface area contributed by atoms with E-state index in [1.165, 1.54) is 4.31 Å². The first kappa shape index (κ1) is 16.3. The lowest BCUT2D eigenvalue weighted by molar-refractivity contribution is -0.0345. The molecule has 130 valence electrons. The lowest BCUT2D eigenvalue weighted by atomic mass is 9.86. The summed E-state index contributed by atoms with van der Waals surface area (Å²) in [4.78, 5) is 12.2. The van der Waals surface area contributed by atoms with E-state index in [2.05, 4.69) is 0 Å². The number of benzene rings is 2. The number of carbonyl (C=O) groups is 1. The van der Waals surface area contributed by atoms with Crippen LogP contribution in [0.25, 0.3) is 0 Å². The highest BCUT2D eigenvalue weighted by molar-refractivity contribution is 7.88. The third-order valence-electron chi connectivity index (χ3n) is 4.93. The van der Waals surface area contributed by atoms with E-state index in [1.807, 2.05) is 42.5 Å². The third-order valence-corrected chi connectivity index (χ3v) is 6.73. The molecule has 6 heteroatoms. The molecule has 1 atom stereocenters. The SMILES string of the molecule is O=C1OC2(CCCN(S(=O)(=O)Cc3ccccc3)C2)c2ccccc21. The molecule has 0 N–H and O–H groups in total. The van der Waals surface area contributed by atoms with Gasteiger partial charge in [0.15, 0.2) is 5.60 Å². The Labute approximate surface area is 147 Å². The van der Waals surface area contributed by atoms with E-state index in [1.54, 1.807) is 12.1 Å². The maximum absolute atomic E-state index is 12.9. The summed E-state index contributed by atoms with van der Waals surface area (Å²) in [5.74, 6) is -0.405. The predicted molar refractivity (Wildman–Crippen MR) is 93.4 cm³/mol. The topological polar surface area (TPSA) is 63.7 Å². The Hall–Kier alpha value is -2.18. The van der Waals surface area contributed by atoms with Crippen molar-refractivity contribution in [3.8, 4) is 0 Å². The van der Waals surface area contributed by atoms with Crippen molar-refractivity contribution in [3.05, 3.63) is 71.3 Å². The minimum atomic E-state index is -3.48. The molecule has 1 fully saturated rings. The second-order valence-electron chi connectivity index (χ2n) is 6.61. The van der Waals surface area contributed by atoms with Gasteiger partial charge in [-0.05, 0) is 24.5 Å². The zero-order chi connectivity index (χ0) is 17.5. The molecular weight excluding hydrogens is 338 g/mol. The summed E-state index contributed by atoms with van der Waals surface area (Å²) in [6.07, 6.45) is 1.31. The lowest BCUT2D eigenvalue weighted by Gasteiger charge is -2.38. The molecule has 5 nitrogen and oxygen atoms in total. The van der Waals surface area contributed by atoms with Gasteiger partial charge in [-0.15, -0.1) is 0 Å². The largest absolute Gasteiger partial charge is 0.449 e. The number of fused-ring (bicyclic) bond motifs is 2. The molecule has 0 aromatic heterocycles. The molecule has 0 radical (unpaired) electrons. The number of rotatable bonds is 3. The number of hydrogen-bond donors (Lipinski definition) is 0. The number of ether oxygens (including phenoxy) is 1. The van der Waals surface area contributed by atoms with Crippen LogP contribution in [0.2, 0.25) is 0 Å². The van der Waals surface area contributed by atoms with Crippen LogP contribution in [0.3, 0.4) is 0 Å². The zero-order valence-electron chi connectivity index (χ0n) is 13.7. The normalized spacial score (nSPS) is 23.4. The van der Waals surface area contributed by atoms with E-state index in [-0.39, 0.29) is 18.3 Å². The van der Waals surface area contributed by atoms with E-state index in [9.17, 15) is 13.2 Å². The van der Waals surface area contributed by atoms with Crippen molar-refractivity contribution in [1.82, 2.24) is 4.31 Å². The Morgan fingerprint density at radius 2 is 1.76 bits per heavy atom. The quantitative estimate of drug-likeness (QED) is 0.793. The number of sulfonamides is 1. The van der Waals surface area contributed by atoms with Crippen LogP contribution in [0.15, 0.2) is 54.6 Å². The second kappa shape index (κ2) is 5.97. The maximum Gasteiger partial charge on any atom is 0.339 e. The first-order valence-electron chi connectivity index (χ1n) is 8.35. The standard InChI is InChI=1S/C19H19NO4S/c21-18-16-9-4-5-10-17(16)19(24-18)11-6-12-20(14-19)25(22,23)13-15-7-2-1-3-8-15/h1-5,7-10H,6,11-14H2. The highest BCUT2D eigenvalue weighted by Gasteiger charge is 2.49. The number of esters is 1. The molecule has 2 aliphatic rings. The number of carbonyl (C=O) groups excluding carboxylic acids is 1. The molecule has 25 heavy (non-hydrogen) atoms. The smallest absolute Gasteiger partial charge is 0.339 e. The molecule has 0 saturated carbocycles. The van der Waals surface area contributed by atoms with Gasteiger partial charge < -0.3 is 4.74 Å². The summed E-state index contributed by atoms with van der Waals surface area (Å²) in [6, 6.07) is 16.4. The van der Waals surface area contributed by atoms with Crippen molar-refractivity contribution < 1.29 is 17.9 Å². The minimum absolute atomic E-state index is 0.0421. The predicted octanol–water partition coefficient (Wildman–Crippen LogP) is 2.68. The van der Waals surface area contributed by atoms with Gasteiger partial charge in [-0.2, -0.15) is 4.31 Å². The highest BCUT2D eigenvalue weighted by Crippen LogP contribution is 2.43. The number of hydrogen-bond acceptors (Lipinski definition) is 4. The molecule has 4 rings (SSSR count). The fourth-order valence-electron chi connectivity index (χ4n) is 3.75. The van der Waals surface area contributed by atoms with Crippen molar-refractivity contribution >= 4 is 16.0 Å². The van der Waals surface area contributed by atoms with Gasteiger partial charge in [-0.3, -0.25) is 0 Å². The van der Waals surface area contributed by atoms with Crippen LogP contribution in [0.4, 0.5) is 0 Å². The Kier molecular flexibility index (Phi) is 3.89. The van der Waals surface area contributed by atoms with Gasteiger partial charge in [0.2, 0.25) is 10.0 Å². The van der Waals surface area contributed by atoms with E-state index < -0.39 is 15.6 Å². The molecule has 1 unspecified atom stereocenters. The van der Waals surface area contributed by atoms with Crippen LogP contribution >= 0.6 is 0 Å². The molecule has 0 bridgehead atoms. The Bertz CT molecular complexity index is 910. The van der Waals surface area contributed by atoms with Crippen LogP contribution < -0.4 is 0 Å². The Balaban J connectivity index is 1.63. The lowest BCUT2D eigenvalue weighted by Crippen LogP contribution is -2.49. The summed E-state index contributed by atoms with van der Waals surface area (Å²) in [5.41, 5.74) is 1.26. The van der Waals surface area contributed by atoms with E-state index in [4.69, 9.17) is 4.74 Å². The Morgan fingerprint density at radius 1 is 1.04 bits per heavy atom. The molecule has 0 aliphatic carbocycles. The van der Waals surface area contributed by atoms with Crippen molar-refractivity contribution in [3.63, 3.8) is 0 Å². The number of piperidine rings is 1. The van der Waals surface area contributed by atoms with E-state index in [0.29, 0.717) is 24.9 Å². The van der Waals surface area contributed by atoms with Crippen LogP contribution in [0.1, 0.15) is 34.3 Å². The molecule has 1 saturated heterocycles. The molecular formula is C19H19NO4S. The molecule has 2 aromatic rings. The molecule has 2 aliphatic heterocycles. The van der Waals surface area contributed by atoms with Crippen molar-refractivity contribution in [2.45, 2.75) is 24.2 Å². The first-order chi connectivity index (χ1) is 12.0. The van der Waals surface area contributed by atoms with Crippen LogP contribution in [-0.4, -0.2) is 31.8 Å². The summed E-state index contributed by atoms with van der Waals surface area (Å²) < 4.78 is 32.9. The zero-order valence-corrected chi connectivity index (χ0v) is 14.5. The van der Waals surface area contributed by atoms with Gasteiger partial charge in [-0.1, -0.05) is 48.5 Å². The minimum Gasteiger partial charge on any atom is -0.449 e. The van der Waals surface area contributed by atoms with Crippen molar-refractivity contribution in [2.24, 2.45) is 0 Å². The summed E-state index contributed by atoms with van der Waals surface area (Å²) in [7, 11) is -3.48. The van der Waals surface area contributed by atoms with Crippen LogP contribution in [0, 0.1) is 0 Å². The van der Waals surface area contributed by atoms with Gasteiger partial charge in [0.05, 0.1) is 17.9 Å².